The number of methoxy groups -OCH3 is 1. The number of imidazole rings is 1. The van der Waals surface area contributed by atoms with E-state index >= 15 is 0 Å². The van der Waals surface area contributed by atoms with Crippen LogP contribution < -0.4 is 5.73 Å². The second kappa shape index (κ2) is 6.57. The first-order valence-corrected chi connectivity index (χ1v) is 6.99. The van der Waals surface area contributed by atoms with Gasteiger partial charge in [-0.15, -0.1) is 0 Å². The van der Waals surface area contributed by atoms with Crippen LogP contribution in [0.1, 0.15) is 32.0 Å². The van der Waals surface area contributed by atoms with E-state index in [0.29, 0.717) is 0 Å². The summed E-state index contributed by atoms with van der Waals surface area (Å²) in [6, 6.07) is 5.98. The summed E-state index contributed by atoms with van der Waals surface area (Å²) in [4.78, 5) is 4.67. The normalized spacial score (nSPS) is 11.3. The van der Waals surface area contributed by atoms with E-state index in [9.17, 15) is 0 Å². The molecule has 0 bridgehead atoms. The van der Waals surface area contributed by atoms with Crippen LogP contribution in [0.15, 0.2) is 18.2 Å². The SMILES string of the molecule is CCc1nc2cc(N)ccc2n1CCCCCOC. The Morgan fingerprint density at radius 2 is 2.11 bits per heavy atom. The van der Waals surface area contributed by atoms with Crippen LogP contribution in [0.25, 0.3) is 11.0 Å². The fraction of sp³-hybridized carbons (Fsp3) is 0.533. The Bertz CT molecular complexity index is 533. The van der Waals surface area contributed by atoms with Crippen molar-refractivity contribution in [2.24, 2.45) is 0 Å². The predicted octanol–water partition coefficient (Wildman–Crippen LogP) is 3.00. The molecule has 0 unspecified atom stereocenters. The number of nitrogens with two attached hydrogens (primary N) is 1. The third-order valence-corrected chi connectivity index (χ3v) is 3.40. The van der Waals surface area contributed by atoms with Crippen molar-refractivity contribution in [3.05, 3.63) is 24.0 Å². The van der Waals surface area contributed by atoms with Gasteiger partial charge in [0.05, 0.1) is 11.0 Å². The van der Waals surface area contributed by atoms with Crippen molar-refractivity contribution in [1.29, 1.82) is 0 Å². The fourth-order valence-electron chi connectivity index (χ4n) is 2.41. The highest BCUT2D eigenvalue weighted by molar-refractivity contribution is 5.79. The molecular formula is C15H23N3O. The van der Waals surface area contributed by atoms with Crippen LogP contribution in [0.5, 0.6) is 0 Å². The van der Waals surface area contributed by atoms with Crippen molar-refractivity contribution in [3.8, 4) is 0 Å². The quantitative estimate of drug-likeness (QED) is 0.615. The van der Waals surface area contributed by atoms with Crippen LogP contribution in [0, 0.1) is 0 Å². The minimum absolute atomic E-state index is 0.778. The lowest BCUT2D eigenvalue weighted by atomic mass is 10.2. The third-order valence-electron chi connectivity index (χ3n) is 3.40. The van der Waals surface area contributed by atoms with Gasteiger partial charge in [-0.05, 0) is 37.5 Å². The zero-order chi connectivity index (χ0) is 13.7. The molecule has 19 heavy (non-hydrogen) atoms. The topological polar surface area (TPSA) is 53.1 Å². The number of aryl methyl sites for hydroxylation is 2. The van der Waals surface area contributed by atoms with Crippen LogP contribution in [0.3, 0.4) is 0 Å². The summed E-state index contributed by atoms with van der Waals surface area (Å²) in [7, 11) is 1.75. The van der Waals surface area contributed by atoms with Crippen molar-refractivity contribution < 1.29 is 4.74 Å². The number of benzene rings is 1. The Labute approximate surface area is 114 Å². The van der Waals surface area contributed by atoms with Gasteiger partial charge < -0.3 is 15.0 Å². The van der Waals surface area contributed by atoms with E-state index < -0.39 is 0 Å². The van der Waals surface area contributed by atoms with Crippen LogP contribution in [-0.2, 0) is 17.7 Å². The molecule has 1 aromatic heterocycles. The Balaban J connectivity index is 2.11. The molecule has 2 rings (SSSR count). The number of unbranched alkanes of at least 4 members (excludes halogenated alkanes) is 2. The lowest BCUT2D eigenvalue weighted by Crippen LogP contribution is -2.03. The van der Waals surface area contributed by atoms with Gasteiger partial charge in [-0.1, -0.05) is 6.92 Å². The molecule has 0 amide bonds. The molecule has 0 atom stereocenters. The van der Waals surface area contributed by atoms with Gasteiger partial charge in [0.1, 0.15) is 5.82 Å². The second-order valence-electron chi connectivity index (χ2n) is 4.83. The molecule has 0 spiro atoms. The van der Waals surface area contributed by atoms with Gasteiger partial charge in [-0.2, -0.15) is 0 Å². The van der Waals surface area contributed by atoms with Crippen molar-refractivity contribution >= 4 is 16.7 Å². The Kier molecular flexibility index (Phi) is 4.80. The summed E-state index contributed by atoms with van der Waals surface area (Å²) >= 11 is 0. The minimum atomic E-state index is 0.778. The van der Waals surface area contributed by atoms with Gasteiger partial charge in [0.2, 0.25) is 0 Å². The van der Waals surface area contributed by atoms with Gasteiger partial charge >= 0.3 is 0 Å². The molecule has 0 fully saturated rings. The monoisotopic (exact) mass is 261 g/mol. The first-order valence-electron chi connectivity index (χ1n) is 6.99. The summed E-state index contributed by atoms with van der Waals surface area (Å²) in [5.41, 5.74) is 8.79. The number of rotatable bonds is 7. The van der Waals surface area contributed by atoms with Gasteiger partial charge in [0, 0.05) is 32.4 Å². The van der Waals surface area contributed by atoms with Crippen LogP contribution in [-0.4, -0.2) is 23.3 Å². The highest BCUT2D eigenvalue weighted by Crippen LogP contribution is 2.20. The minimum Gasteiger partial charge on any atom is -0.399 e. The van der Waals surface area contributed by atoms with Gasteiger partial charge in [-0.25, -0.2) is 4.98 Å². The maximum Gasteiger partial charge on any atom is 0.109 e. The first-order chi connectivity index (χ1) is 9.26. The molecule has 4 nitrogen and oxygen atoms in total. The number of ether oxygens (including phenoxy) is 1. The number of anilines is 1. The third kappa shape index (κ3) is 3.26. The molecule has 0 radical (unpaired) electrons. The average molecular weight is 261 g/mol. The summed E-state index contributed by atoms with van der Waals surface area (Å²) < 4.78 is 7.40. The zero-order valence-electron chi connectivity index (χ0n) is 11.9. The summed E-state index contributed by atoms with van der Waals surface area (Å²) in [5, 5.41) is 0. The van der Waals surface area contributed by atoms with Gasteiger partial charge in [0.15, 0.2) is 0 Å². The molecule has 1 aromatic carbocycles. The van der Waals surface area contributed by atoms with Crippen molar-refractivity contribution in [3.63, 3.8) is 0 Å². The Hall–Kier alpha value is -1.55. The smallest absolute Gasteiger partial charge is 0.109 e. The van der Waals surface area contributed by atoms with E-state index in [1.807, 2.05) is 12.1 Å². The van der Waals surface area contributed by atoms with Crippen LogP contribution in [0.4, 0.5) is 5.69 Å². The summed E-state index contributed by atoms with van der Waals surface area (Å²) in [6.07, 6.45) is 4.42. The van der Waals surface area contributed by atoms with Gasteiger partial charge in [0.25, 0.3) is 0 Å². The number of hydrogen-bond acceptors (Lipinski definition) is 3. The summed E-state index contributed by atoms with van der Waals surface area (Å²) in [5.74, 6) is 1.15. The zero-order valence-corrected chi connectivity index (χ0v) is 11.9. The molecule has 1 heterocycles. The Morgan fingerprint density at radius 3 is 2.84 bits per heavy atom. The van der Waals surface area contributed by atoms with E-state index in [1.54, 1.807) is 7.11 Å². The predicted molar refractivity (Wildman–Crippen MR) is 79.3 cm³/mol. The van der Waals surface area contributed by atoms with E-state index in [2.05, 4.69) is 22.5 Å². The van der Waals surface area contributed by atoms with E-state index in [-0.39, 0.29) is 0 Å². The van der Waals surface area contributed by atoms with Gasteiger partial charge in [-0.3, -0.25) is 0 Å². The molecule has 2 N–H and O–H groups in total. The number of nitrogen functional groups attached to an aromatic ring is 1. The fourth-order valence-corrected chi connectivity index (χ4v) is 2.41. The largest absolute Gasteiger partial charge is 0.399 e. The molecule has 0 aliphatic heterocycles. The molecule has 0 aliphatic carbocycles. The number of aromatic nitrogens is 2. The number of fused-ring (bicyclic) bond motifs is 1. The number of nitrogens with zero attached hydrogens (tertiary/aromatic N) is 2. The maximum absolute atomic E-state index is 5.82. The Morgan fingerprint density at radius 1 is 1.26 bits per heavy atom. The highest BCUT2D eigenvalue weighted by Gasteiger charge is 2.08. The molecule has 0 saturated carbocycles. The van der Waals surface area contributed by atoms with E-state index in [4.69, 9.17) is 10.5 Å². The van der Waals surface area contributed by atoms with Crippen molar-refractivity contribution in [2.45, 2.75) is 39.2 Å². The molecule has 2 aromatic rings. The average Bonchev–Trinajstić information content (AvgIpc) is 2.75. The van der Waals surface area contributed by atoms with Crippen LogP contribution in [0.2, 0.25) is 0 Å². The summed E-state index contributed by atoms with van der Waals surface area (Å²) in [6.45, 7) is 4.02. The lowest BCUT2D eigenvalue weighted by Gasteiger charge is -2.08. The molecule has 104 valence electrons. The molecular weight excluding hydrogens is 238 g/mol. The van der Waals surface area contributed by atoms with E-state index in [1.165, 1.54) is 11.9 Å². The highest BCUT2D eigenvalue weighted by atomic mass is 16.5. The van der Waals surface area contributed by atoms with Crippen LogP contribution >= 0.6 is 0 Å². The maximum atomic E-state index is 5.82. The lowest BCUT2D eigenvalue weighted by molar-refractivity contribution is 0.191. The second-order valence-corrected chi connectivity index (χ2v) is 4.83. The van der Waals surface area contributed by atoms with E-state index in [0.717, 1.165) is 49.4 Å². The first kappa shape index (κ1) is 13.9. The number of hydrogen-bond donors (Lipinski definition) is 1. The molecule has 0 saturated heterocycles. The standard InChI is InChI=1S/C15H23N3O/c1-3-15-17-13-11-12(16)7-8-14(13)18(15)9-5-4-6-10-19-2/h7-8,11H,3-6,9-10,16H2,1-2H3. The molecule has 0 aliphatic rings. The van der Waals surface area contributed by atoms with Crippen molar-refractivity contribution in [1.82, 2.24) is 9.55 Å². The molecule has 4 heteroatoms. The van der Waals surface area contributed by atoms with Crippen molar-refractivity contribution in [2.75, 3.05) is 19.5 Å².